The SMILES string of the molecule is CCCNCCc1coc2c(Br)cccc12. The van der Waals surface area contributed by atoms with Gasteiger partial charge >= 0.3 is 0 Å². The highest BCUT2D eigenvalue weighted by Gasteiger charge is 2.07. The zero-order valence-corrected chi connectivity index (χ0v) is 11.0. The third-order valence-electron chi connectivity index (χ3n) is 2.63. The molecule has 2 aromatic rings. The van der Waals surface area contributed by atoms with Gasteiger partial charge in [-0.3, -0.25) is 0 Å². The van der Waals surface area contributed by atoms with Crippen LogP contribution in [0, 0.1) is 0 Å². The minimum Gasteiger partial charge on any atom is -0.463 e. The molecule has 3 heteroatoms. The van der Waals surface area contributed by atoms with E-state index in [2.05, 4.69) is 34.2 Å². The maximum absolute atomic E-state index is 5.56. The van der Waals surface area contributed by atoms with Gasteiger partial charge in [-0.25, -0.2) is 0 Å². The third-order valence-corrected chi connectivity index (χ3v) is 3.25. The van der Waals surface area contributed by atoms with Crippen molar-refractivity contribution in [1.29, 1.82) is 0 Å². The van der Waals surface area contributed by atoms with Crippen LogP contribution in [0.15, 0.2) is 33.4 Å². The smallest absolute Gasteiger partial charge is 0.148 e. The van der Waals surface area contributed by atoms with Gasteiger partial charge in [0, 0.05) is 5.39 Å². The molecule has 1 heterocycles. The van der Waals surface area contributed by atoms with Crippen molar-refractivity contribution in [2.24, 2.45) is 0 Å². The lowest BCUT2D eigenvalue weighted by Gasteiger charge is -2.01. The second kappa shape index (κ2) is 5.51. The van der Waals surface area contributed by atoms with Crippen LogP contribution in [-0.2, 0) is 6.42 Å². The quantitative estimate of drug-likeness (QED) is 0.845. The van der Waals surface area contributed by atoms with Crippen LogP contribution >= 0.6 is 15.9 Å². The van der Waals surface area contributed by atoms with Crippen molar-refractivity contribution < 1.29 is 4.42 Å². The van der Waals surface area contributed by atoms with Crippen molar-refractivity contribution >= 4 is 26.9 Å². The Labute approximate surface area is 104 Å². The van der Waals surface area contributed by atoms with Crippen LogP contribution in [0.25, 0.3) is 11.0 Å². The Bertz CT molecular complexity index is 464. The summed E-state index contributed by atoms with van der Waals surface area (Å²) in [6.45, 7) is 4.27. The molecule has 0 unspecified atom stereocenters. The molecular weight excluding hydrogens is 266 g/mol. The average Bonchev–Trinajstić information content (AvgIpc) is 2.70. The number of furan rings is 1. The van der Waals surface area contributed by atoms with Gasteiger partial charge in [0.15, 0.2) is 0 Å². The summed E-state index contributed by atoms with van der Waals surface area (Å²) in [5, 5.41) is 4.61. The Balaban J connectivity index is 2.10. The van der Waals surface area contributed by atoms with E-state index in [0.29, 0.717) is 0 Å². The fourth-order valence-corrected chi connectivity index (χ4v) is 2.25. The number of para-hydroxylation sites is 1. The van der Waals surface area contributed by atoms with Crippen LogP contribution in [0.2, 0.25) is 0 Å². The molecule has 0 aliphatic rings. The molecule has 86 valence electrons. The molecule has 0 atom stereocenters. The predicted molar refractivity (Wildman–Crippen MR) is 70.8 cm³/mol. The van der Waals surface area contributed by atoms with Crippen molar-refractivity contribution in [2.45, 2.75) is 19.8 Å². The summed E-state index contributed by atoms with van der Waals surface area (Å²) in [4.78, 5) is 0. The molecule has 0 radical (unpaired) electrons. The number of hydrogen-bond acceptors (Lipinski definition) is 2. The van der Waals surface area contributed by atoms with Crippen molar-refractivity contribution in [3.05, 3.63) is 34.5 Å². The van der Waals surface area contributed by atoms with Crippen LogP contribution in [0.4, 0.5) is 0 Å². The van der Waals surface area contributed by atoms with Gasteiger partial charge in [-0.05, 0) is 53.5 Å². The van der Waals surface area contributed by atoms with E-state index in [1.54, 1.807) is 0 Å². The van der Waals surface area contributed by atoms with Crippen LogP contribution in [0.1, 0.15) is 18.9 Å². The molecule has 2 nitrogen and oxygen atoms in total. The minimum atomic E-state index is 0.952. The first-order chi connectivity index (χ1) is 7.83. The Hall–Kier alpha value is -0.800. The molecule has 1 aromatic carbocycles. The fraction of sp³-hybridized carbons (Fsp3) is 0.385. The summed E-state index contributed by atoms with van der Waals surface area (Å²) in [5.41, 5.74) is 2.23. The van der Waals surface area contributed by atoms with Gasteiger partial charge < -0.3 is 9.73 Å². The van der Waals surface area contributed by atoms with Crippen LogP contribution in [0.5, 0.6) is 0 Å². The van der Waals surface area contributed by atoms with E-state index in [-0.39, 0.29) is 0 Å². The Kier molecular flexibility index (Phi) is 4.02. The number of halogens is 1. The molecular formula is C13H16BrNO. The first-order valence-electron chi connectivity index (χ1n) is 5.68. The van der Waals surface area contributed by atoms with Crippen molar-refractivity contribution in [3.63, 3.8) is 0 Å². The van der Waals surface area contributed by atoms with E-state index in [9.17, 15) is 0 Å². The van der Waals surface area contributed by atoms with Gasteiger partial charge in [-0.1, -0.05) is 19.1 Å². The summed E-state index contributed by atoms with van der Waals surface area (Å²) in [5.74, 6) is 0. The molecule has 0 aliphatic heterocycles. The molecule has 0 aliphatic carbocycles. The zero-order chi connectivity index (χ0) is 11.4. The zero-order valence-electron chi connectivity index (χ0n) is 9.42. The fourth-order valence-electron chi connectivity index (χ4n) is 1.79. The van der Waals surface area contributed by atoms with E-state index in [1.165, 1.54) is 17.4 Å². The largest absolute Gasteiger partial charge is 0.463 e. The second-order valence-corrected chi connectivity index (χ2v) is 4.73. The maximum Gasteiger partial charge on any atom is 0.148 e. The monoisotopic (exact) mass is 281 g/mol. The molecule has 1 aromatic heterocycles. The number of nitrogens with one attached hydrogen (secondary N) is 1. The van der Waals surface area contributed by atoms with E-state index in [0.717, 1.165) is 29.6 Å². The third kappa shape index (κ3) is 2.47. The highest BCUT2D eigenvalue weighted by atomic mass is 79.9. The Morgan fingerprint density at radius 1 is 1.31 bits per heavy atom. The van der Waals surface area contributed by atoms with Crippen LogP contribution in [0.3, 0.4) is 0 Å². The van der Waals surface area contributed by atoms with E-state index in [1.807, 2.05) is 18.4 Å². The van der Waals surface area contributed by atoms with Gasteiger partial charge in [0.05, 0.1) is 10.7 Å². The average molecular weight is 282 g/mol. The predicted octanol–water partition coefficient (Wildman–Crippen LogP) is 3.74. The van der Waals surface area contributed by atoms with Gasteiger partial charge in [0.25, 0.3) is 0 Å². The standard InChI is InChI=1S/C13H16BrNO/c1-2-7-15-8-6-10-9-16-13-11(10)4-3-5-12(13)14/h3-5,9,15H,2,6-8H2,1H3. The number of benzene rings is 1. The number of rotatable bonds is 5. The summed E-state index contributed by atoms with van der Waals surface area (Å²) in [7, 11) is 0. The molecule has 0 bridgehead atoms. The summed E-state index contributed by atoms with van der Waals surface area (Å²) < 4.78 is 6.59. The lowest BCUT2D eigenvalue weighted by molar-refractivity contribution is 0.604. The van der Waals surface area contributed by atoms with Gasteiger partial charge in [-0.2, -0.15) is 0 Å². The summed E-state index contributed by atoms with van der Waals surface area (Å²) in [6.07, 6.45) is 4.06. The molecule has 1 N–H and O–H groups in total. The van der Waals surface area contributed by atoms with E-state index < -0.39 is 0 Å². The van der Waals surface area contributed by atoms with Crippen molar-refractivity contribution in [3.8, 4) is 0 Å². The van der Waals surface area contributed by atoms with Crippen LogP contribution in [-0.4, -0.2) is 13.1 Å². The van der Waals surface area contributed by atoms with Crippen molar-refractivity contribution in [1.82, 2.24) is 5.32 Å². The highest BCUT2D eigenvalue weighted by Crippen LogP contribution is 2.28. The first kappa shape index (κ1) is 11.7. The molecule has 0 amide bonds. The van der Waals surface area contributed by atoms with Crippen molar-refractivity contribution in [2.75, 3.05) is 13.1 Å². The molecule has 2 rings (SSSR count). The minimum absolute atomic E-state index is 0.952. The molecule has 0 saturated heterocycles. The van der Waals surface area contributed by atoms with E-state index in [4.69, 9.17) is 4.42 Å². The lowest BCUT2D eigenvalue weighted by Crippen LogP contribution is -2.17. The topological polar surface area (TPSA) is 25.2 Å². The van der Waals surface area contributed by atoms with E-state index >= 15 is 0 Å². The van der Waals surface area contributed by atoms with Gasteiger partial charge in [0.1, 0.15) is 5.58 Å². The molecule has 0 fully saturated rings. The van der Waals surface area contributed by atoms with Gasteiger partial charge in [0.2, 0.25) is 0 Å². The summed E-state index contributed by atoms with van der Waals surface area (Å²) in [6, 6.07) is 6.16. The number of fused-ring (bicyclic) bond motifs is 1. The highest BCUT2D eigenvalue weighted by molar-refractivity contribution is 9.10. The first-order valence-corrected chi connectivity index (χ1v) is 6.47. The number of hydrogen-bond donors (Lipinski definition) is 1. The Morgan fingerprint density at radius 3 is 3.00 bits per heavy atom. The molecule has 0 saturated carbocycles. The maximum atomic E-state index is 5.56. The Morgan fingerprint density at radius 2 is 2.19 bits per heavy atom. The lowest BCUT2D eigenvalue weighted by atomic mass is 10.1. The van der Waals surface area contributed by atoms with Crippen LogP contribution < -0.4 is 5.32 Å². The molecule has 0 spiro atoms. The summed E-state index contributed by atoms with van der Waals surface area (Å²) >= 11 is 3.49. The second-order valence-electron chi connectivity index (χ2n) is 3.88. The van der Waals surface area contributed by atoms with Gasteiger partial charge in [-0.15, -0.1) is 0 Å². The molecule has 16 heavy (non-hydrogen) atoms. The normalized spacial score (nSPS) is 11.1.